The molecule has 3 atom stereocenters. The summed E-state index contributed by atoms with van der Waals surface area (Å²) in [5, 5.41) is 30.5. The maximum atomic E-state index is 9.04. The predicted octanol–water partition coefficient (Wildman–Crippen LogP) is 2.52. The molecule has 10 nitrogen and oxygen atoms in total. The van der Waals surface area contributed by atoms with Gasteiger partial charge in [0.1, 0.15) is 0 Å². The fraction of sp³-hybridized carbons (Fsp3) is 0.750. The first-order valence-corrected chi connectivity index (χ1v) is 10.6. The average molecular weight is 434 g/mol. The van der Waals surface area contributed by atoms with E-state index in [-0.39, 0.29) is 43.0 Å². The van der Waals surface area contributed by atoms with Gasteiger partial charge in [-0.1, -0.05) is 40.5 Å². The second-order valence-electron chi connectivity index (χ2n) is 6.55. The number of hydrogen-bond donors (Lipinski definition) is 2. The Labute approximate surface area is 171 Å². The minimum atomic E-state index is -0.0361. The Morgan fingerprint density at radius 3 is 2.89 bits per heavy atom. The number of nitrogens with zero attached hydrogens (tertiary/aromatic N) is 5. The number of rotatable bonds is 11. The van der Waals surface area contributed by atoms with Crippen LogP contribution in [0.4, 0.5) is 0 Å². The summed E-state index contributed by atoms with van der Waals surface area (Å²) in [6.45, 7) is 2.57. The lowest BCUT2D eigenvalue weighted by molar-refractivity contribution is -0.491. The van der Waals surface area contributed by atoms with Crippen LogP contribution < -0.4 is 0 Å². The van der Waals surface area contributed by atoms with E-state index in [1.165, 1.54) is 0 Å². The fourth-order valence-corrected chi connectivity index (χ4v) is 4.46. The smallest absolute Gasteiger partial charge is 0.191 e. The molecular weight excluding hydrogens is 410 g/mol. The van der Waals surface area contributed by atoms with Crippen LogP contribution in [-0.2, 0) is 14.7 Å². The van der Waals surface area contributed by atoms with Crippen molar-refractivity contribution in [1.82, 2.24) is 25.0 Å². The molecule has 0 bridgehead atoms. The second-order valence-corrected chi connectivity index (χ2v) is 7.97. The summed E-state index contributed by atoms with van der Waals surface area (Å²) in [5.41, 5.74) is 1.06. The molecule has 156 valence electrons. The molecule has 28 heavy (non-hydrogen) atoms. The number of halogens is 1. The molecule has 1 aliphatic carbocycles. The lowest BCUT2D eigenvalue weighted by Crippen LogP contribution is -2.18. The van der Waals surface area contributed by atoms with Crippen molar-refractivity contribution in [3.8, 4) is 0 Å². The molecule has 0 aromatic carbocycles. The third kappa shape index (κ3) is 5.09. The molecule has 1 unspecified atom stereocenters. The first-order chi connectivity index (χ1) is 13.7. The van der Waals surface area contributed by atoms with Gasteiger partial charge in [0.05, 0.1) is 32.0 Å². The largest absolute Gasteiger partial charge is 0.394 e. The van der Waals surface area contributed by atoms with Crippen LogP contribution in [0, 0.1) is 5.92 Å². The van der Waals surface area contributed by atoms with E-state index in [2.05, 4.69) is 37.1 Å². The van der Waals surface area contributed by atoms with Crippen LogP contribution in [0.15, 0.2) is 5.16 Å². The van der Waals surface area contributed by atoms with Gasteiger partial charge < -0.3 is 9.84 Å². The fourth-order valence-electron chi connectivity index (χ4n) is 3.51. The van der Waals surface area contributed by atoms with E-state index in [9.17, 15) is 0 Å². The van der Waals surface area contributed by atoms with E-state index in [0.29, 0.717) is 29.2 Å². The number of ether oxygens (including phenoxy) is 1. The number of aromatic nitrogens is 5. The molecule has 2 heterocycles. The van der Waals surface area contributed by atoms with Crippen molar-refractivity contribution in [2.75, 3.05) is 25.6 Å². The predicted molar refractivity (Wildman–Crippen MR) is 102 cm³/mol. The van der Waals surface area contributed by atoms with E-state index in [1.807, 2.05) is 0 Å². The van der Waals surface area contributed by atoms with Crippen molar-refractivity contribution in [1.29, 1.82) is 0 Å². The standard InChI is InChI=1S/C16H24ClN5O5S/c1-2-7-28-16-18-14(17)13-15(19-16)22(21-20-13)12-9-11(25-6-4-23)8-10(12)3-5-26-27-24/h10-12,23-24H,2-9H2,1H3/t10?,11-,12-/m1/s1. The number of fused-ring (bicyclic) bond motifs is 1. The molecule has 12 heteroatoms. The average Bonchev–Trinajstić information content (AvgIpc) is 3.29. The van der Waals surface area contributed by atoms with Crippen LogP contribution in [0.3, 0.4) is 0 Å². The van der Waals surface area contributed by atoms with Gasteiger partial charge in [0.2, 0.25) is 0 Å². The summed E-state index contributed by atoms with van der Waals surface area (Å²) < 4.78 is 7.52. The van der Waals surface area contributed by atoms with Crippen LogP contribution in [-0.4, -0.2) is 67.0 Å². The number of hydrogen-bond acceptors (Lipinski definition) is 10. The Morgan fingerprint density at radius 1 is 1.29 bits per heavy atom. The minimum absolute atomic E-state index is 0.0253. The van der Waals surface area contributed by atoms with E-state index < -0.39 is 0 Å². The van der Waals surface area contributed by atoms with Crippen LogP contribution in [0.2, 0.25) is 5.15 Å². The first-order valence-electron chi connectivity index (χ1n) is 9.24. The summed E-state index contributed by atoms with van der Waals surface area (Å²) in [4.78, 5) is 13.6. The van der Waals surface area contributed by atoms with Gasteiger partial charge in [-0.3, -0.25) is 0 Å². The van der Waals surface area contributed by atoms with Crippen molar-refractivity contribution in [2.24, 2.45) is 5.92 Å². The van der Waals surface area contributed by atoms with E-state index in [1.54, 1.807) is 16.4 Å². The molecule has 1 fully saturated rings. The molecule has 3 rings (SSSR count). The topological polar surface area (TPSA) is 125 Å². The summed E-state index contributed by atoms with van der Waals surface area (Å²) in [5.74, 6) is 1.04. The molecule has 0 saturated heterocycles. The summed E-state index contributed by atoms with van der Waals surface area (Å²) in [6, 6.07) is -0.0361. The number of aliphatic hydroxyl groups excluding tert-OH is 1. The van der Waals surface area contributed by atoms with Gasteiger partial charge in [0, 0.05) is 5.75 Å². The van der Waals surface area contributed by atoms with Gasteiger partial charge in [-0.15, -0.1) is 5.10 Å². The number of aliphatic hydroxyl groups is 1. The lowest BCUT2D eigenvalue weighted by atomic mass is 10.0. The molecule has 2 aromatic heterocycles. The highest BCUT2D eigenvalue weighted by Gasteiger charge is 2.38. The van der Waals surface area contributed by atoms with Gasteiger partial charge >= 0.3 is 0 Å². The Hall–Kier alpha value is -1.08. The Bertz CT molecular complexity index is 766. The SMILES string of the molecule is CCCSc1nc(Cl)c2nnn([C@@H]3C[C@H](OCCO)CC3CCOOO)c2n1. The molecule has 2 N–H and O–H groups in total. The lowest BCUT2D eigenvalue weighted by Gasteiger charge is -2.18. The molecule has 0 amide bonds. The van der Waals surface area contributed by atoms with Crippen molar-refractivity contribution in [3.05, 3.63) is 5.15 Å². The van der Waals surface area contributed by atoms with Gasteiger partial charge in [-0.25, -0.2) is 24.8 Å². The summed E-state index contributed by atoms with van der Waals surface area (Å²) in [6.07, 6.45) is 3.06. The minimum Gasteiger partial charge on any atom is -0.394 e. The van der Waals surface area contributed by atoms with Gasteiger partial charge in [0.25, 0.3) is 0 Å². The second kappa shape index (κ2) is 10.6. The molecule has 0 aliphatic heterocycles. The molecule has 2 aromatic rings. The van der Waals surface area contributed by atoms with E-state index in [0.717, 1.165) is 18.6 Å². The zero-order chi connectivity index (χ0) is 19.9. The van der Waals surface area contributed by atoms with E-state index >= 15 is 0 Å². The molecule has 0 radical (unpaired) electrons. The van der Waals surface area contributed by atoms with E-state index in [4.69, 9.17) is 26.7 Å². The van der Waals surface area contributed by atoms with Crippen molar-refractivity contribution in [3.63, 3.8) is 0 Å². The van der Waals surface area contributed by atoms with Crippen LogP contribution >= 0.6 is 23.4 Å². The molecule has 1 saturated carbocycles. The maximum absolute atomic E-state index is 9.04. The summed E-state index contributed by atoms with van der Waals surface area (Å²) >= 11 is 7.84. The third-order valence-corrected chi connectivity index (χ3v) is 6.01. The highest BCUT2D eigenvalue weighted by Crippen LogP contribution is 2.40. The van der Waals surface area contributed by atoms with Crippen LogP contribution in [0.5, 0.6) is 0 Å². The van der Waals surface area contributed by atoms with Crippen molar-refractivity contribution < 1.29 is 25.0 Å². The maximum Gasteiger partial charge on any atom is 0.191 e. The van der Waals surface area contributed by atoms with Gasteiger partial charge in [-0.05, 0) is 31.6 Å². The monoisotopic (exact) mass is 433 g/mol. The summed E-state index contributed by atoms with van der Waals surface area (Å²) in [7, 11) is 0. The Balaban J connectivity index is 1.87. The molecule has 1 aliphatic rings. The molecule has 0 spiro atoms. The van der Waals surface area contributed by atoms with Crippen LogP contribution in [0.25, 0.3) is 11.2 Å². The van der Waals surface area contributed by atoms with Gasteiger partial charge in [0.15, 0.2) is 21.5 Å². The molecular formula is C16H24ClN5O5S. The van der Waals surface area contributed by atoms with Gasteiger partial charge in [-0.2, -0.15) is 0 Å². The third-order valence-electron chi connectivity index (χ3n) is 4.69. The van der Waals surface area contributed by atoms with Crippen LogP contribution in [0.1, 0.15) is 38.6 Å². The zero-order valence-electron chi connectivity index (χ0n) is 15.5. The number of thioether (sulfide) groups is 1. The van der Waals surface area contributed by atoms with Crippen molar-refractivity contribution in [2.45, 2.75) is 49.9 Å². The Kier molecular flexibility index (Phi) is 8.21. The highest BCUT2D eigenvalue weighted by molar-refractivity contribution is 7.99. The quantitative estimate of drug-likeness (QED) is 0.136. The Morgan fingerprint density at radius 2 is 2.14 bits per heavy atom. The zero-order valence-corrected chi connectivity index (χ0v) is 17.1. The first kappa shape index (κ1) is 21.6. The highest BCUT2D eigenvalue weighted by atomic mass is 35.5. The van der Waals surface area contributed by atoms with Crippen molar-refractivity contribution >= 4 is 34.5 Å². The normalized spacial score (nSPS) is 22.4.